The highest BCUT2D eigenvalue weighted by atomic mass is 35.5. The Morgan fingerprint density at radius 3 is 2.69 bits per heavy atom. The molecule has 0 spiro atoms. The number of rotatable bonds is 3. The van der Waals surface area contributed by atoms with Crippen LogP contribution in [0.25, 0.3) is 0 Å². The molecule has 0 amide bonds. The molecule has 1 aliphatic rings. The second kappa shape index (κ2) is 4.00. The minimum absolute atomic E-state index is 0.0609. The van der Waals surface area contributed by atoms with Gasteiger partial charge in [-0.25, -0.2) is 13.1 Å². The SMILES string of the molecule is Cc1c(Cl)cccc1S(=O)(=O)NC1CC1N. The maximum atomic E-state index is 12.0. The first-order valence-corrected chi connectivity index (χ1v) is 6.81. The average molecular weight is 261 g/mol. The number of sulfonamides is 1. The maximum Gasteiger partial charge on any atom is 0.241 e. The van der Waals surface area contributed by atoms with E-state index in [1.54, 1.807) is 19.1 Å². The first-order valence-electron chi connectivity index (χ1n) is 4.95. The van der Waals surface area contributed by atoms with E-state index in [1.807, 2.05) is 0 Å². The van der Waals surface area contributed by atoms with Gasteiger partial charge in [-0.15, -0.1) is 0 Å². The van der Waals surface area contributed by atoms with Gasteiger partial charge >= 0.3 is 0 Å². The summed E-state index contributed by atoms with van der Waals surface area (Å²) in [5, 5.41) is 0.447. The first kappa shape index (κ1) is 11.9. The van der Waals surface area contributed by atoms with Crippen LogP contribution in [0.2, 0.25) is 5.02 Å². The van der Waals surface area contributed by atoms with E-state index in [1.165, 1.54) is 6.07 Å². The molecule has 88 valence electrons. The van der Waals surface area contributed by atoms with E-state index in [9.17, 15) is 8.42 Å². The molecule has 1 saturated carbocycles. The fourth-order valence-corrected chi connectivity index (χ4v) is 3.29. The first-order chi connectivity index (χ1) is 7.42. The van der Waals surface area contributed by atoms with E-state index in [2.05, 4.69) is 4.72 Å². The molecule has 16 heavy (non-hydrogen) atoms. The largest absolute Gasteiger partial charge is 0.326 e. The summed E-state index contributed by atoms with van der Waals surface area (Å²) in [4.78, 5) is 0.221. The second-order valence-electron chi connectivity index (χ2n) is 3.99. The minimum Gasteiger partial charge on any atom is -0.326 e. The molecule has 0 aliphatic heterocycles. The van der Waals surface area contributed by atoms with Crippen LogP contribution in [0.3, 0.4) is 0 Å². The smallest absolute Gasteiger partial charge is 0.241 e. The molecule has 6 heteroatoms. The van der Waals surface area contributed by atoms with Gasteiger partial charge in [-0.1, -0.05) is 17.7 Å². The Hall–Kier alpha value is -0.620. The van der Waals surface area contributed by atoms with E-state index in [0.717, 1.165) is 0 Å². The van der Waals surface area contributed by atoms with E-state index in [0.29, 0.717) is 17.0 Å². The highest BCUT2D eigenvalue weighted by Gasteiger charge is 2.37. The molecule has 2 atom stereocenters. The molecule has 0 bridgehead atoms. The van der Waals surface area contributed by atoms with Crippen LogP contribution >= 0.6 is 11.6 Å². The van der Waals surface area contributed by atoms with Crippen molar-refractivity contribution >= 4 is 21.6 Å². The van der Waals surface area contributed by atoms with Crippen LogP contribution in [0.15, 0.2) is 23.1 Å². The summed E-state index contributed by atoms with van der Waals surface area (Å²) in [7, 11) is -3.50. The maximum absolute atomic E-state index is 12.0. The summed E-state index contributed by atoms with van der Waals surface area (Å²) < 4.78 is 26.5. The van der Waals surface area contributed by atoms with E-state index < -0.39 is 10.0 Å². The summed E-state index contributed by atoms with van der Waals surface area (Å²) in [6.07, 6.45) is 0.693. The fourth-order valence-electron chi connectivity index (χ4n) is 1.49. The summed E-state index contributed by atoms with van der Waals surface area (Å²) in [5.41, 5.74) is 6.13. The molecule has 4 nitrogen and oxygen atoms in total. The quantitative estimate of drug-likeness (QED) is 0.853. The van der Waals surface area contributed by atoms with Crippen molar-refractivity contribution in [1.29, 1.82) is 0 Å². The zero-order chi connectivity index (χ0) is 11.9. The summed E-state index contributed by atoms with van der Waals surface area (Å²) in [6, 6.07) is 4.63. The van der Waals surface area contributed by atoms with Crippen LogP contribution in [0, 0.1) is 6.92 Å². The van der Waals surface area contributed by atoms with Crippen molar-refractivity contribution in [3.63, 3.8) is 0 Å². The van der Waals surface area contributed by atoms with Crippen molar-refractivity contribution < 1.29 is 8.42 Å². The van der Waals surface area contributed by atoms with E-state index in [-0.39, 0.29) is 17.0 Å². The van der Waals surface area contributed by atoms with Gasteiger partial charge in [0.25, 0.3) is 0 Å². The van der Waals surface area contributed by atoms with Crippen LogP contribution in [-0.4, -0.2) is 20.5 Å². The Kier molecular flexibility index (Phi) is 2.96. The van der Waals surface area contributed by atoms with Gasteiger partial charge in [0.15, 0.2) is 0 Å². The third-order valence-electron chi connectivity index (χ3n) is 2.65. The van der Waals surface area contributed by atoms with Crippen molar-refractivity contribution in [2.24, 2.45) is 5.73 Å². The number of nitrogens with two attached hydrogens (primary N) is 1. The third-order valence-corrected chi connectivity index (χ3v) is 4.70. The Balaban J connectivity index is 2.32. The molecule has 0 radical (unpaired) electrons. The molecule has 1 aliphatic carbocycles. The van der Waals surface area contributed by atoms with Gasteiger partial charge in [0, 0.05) is 17.1 Å². The Bertz CT molecular complexity index is 516. The van der Waals surface area contributed by atoms with Gasteiger partial charge < -0.3 is 5.73 Å². The lowest BCUT2D eigenvalue weighted by molar-refractivity contribution is 0.579. The monoisotopic (exact) mass is 260 g/mol. The molecule has 3 N–H and O–H groups in total. The molecule has 1 aromatic rings. The standard InChI is InChI=1S/C10H13ClN2O2S/c1-6-7(11)3-2-4-10(6)16(14,15)13-9-5-8(9)12/h2-4,8-9,13H,5,12H2,1H3. The molecule has 0 aromatic heterocycles. The van der Waals surface area contributed by atoms with Gasteiger partial charge in [0.2, 0.25) is 10.0 Å². The predicted octanol–water partition coefficient (Wildman–Crippen LogP) is 1.03. The number of hydrogen-bond donors (Lipinski definition) is 2. The van der Waals surface area contributed by atoms with Gasteiger partial charge in [0.1, 0.15) is 0 Å². The zero-order valence-corrected chi connectivity index (χ0v) is 10.3. The van der Waals surface area contributed by atoms with Crippen molar-refractivity contribution in [2.45, 2.75) is 30.3 Å². The zero-order valence-electron chi connectivity index (χ0n) is 8.77. The van der Waals surface area contributed by atoms with Crippen molar-refractivity contribution in [2.75, 3.05) is 0 Å². The lowest BCUT2D eigenvalue weighted by Gasteiger charge is -2.09. The normalized spacial score (nSPS) is 24.4. The van der Waals surface area contributed by atoms with Gasteiger partial charge in [-0.3, -0.25) is 0 Å². The van der Waals surface area contributed by atoms with Crippen molar-refractivity contribution in [3.05, 3.63) is 28.8 Å². The summed E-state index contributed by atoms with van der Waals surface area (Å²) in [5.74, 6) is 0. The van der Waals surface area contributed by atoms with Crippen LogP contribution in [0.5, 0.6) is 0 Å². The van der Waals surface area contributed by atoms with E-state index >= 15 is 0 Å². The highest BCUT2D eigenvalue weighted by molar-refractivity contribution is 7.89. The molecule has 0 heterocycles. The van der Waals surface area contributed by atoms with Crippen molar-refractivity contribution in [1.82, 2.24) is 4.72 Å². The van der Waals surface area contributed by atoms with Gasteiger partial charge in [0.05, 0.1) is 4.90 Å². The molecular formula is C10H13ClN2O2S. The minimum atomic E-state index is -3.50. The van der Waals surface area contributed by atoms with Crippen LogP contribution < -0.4 is 10.5 Å². The molecule has 2 unspecified atom stereocenters. The van der Waals surface area contributed by atoms with E-state index in [4.69, 9.17) is 17.3 Å². The highest BCUT2D eigenvalue weighted by Crippen LogP contribution is 2.25. The van der Waals surface area contributed by atoms with Crippen LogP contribution in [0.4, 0.5) is 0 Å². The Labute approximate surface area is 99.8 Å². The number of halogens is 1. The third kappa shape index (κ3) is 2.22. The van der Waals surface area contributed by atoms with Crippen LogP contribution in [-0.2, 0) is 10.0 Å². The Morgan fingerprint density at radius 2 is 2.12 bits per heavy atom. The summed E-state index contributed by atoms with van der Waals surface area (Å²) >= 11 is 5.88. The number of hydrogen-bond acceptors (Lipinski definition) is 3. The fraction of sp³-hybridized carbons (Fsp3) is 0.400. The lowest BCUT2D eigenvalue weighted by Crippen LogP contribution is -2.30. The predicted molar refractivity (Wildman–Crippen MR) is 62.9 cm³/mol. The average Bonchev–Trinajstić information content (AvgIpc) is 2.85. The molecule has 0 saturated heterocycles. The molecule has 2 rings (SSSR count). The molecule has 1 fully saturated rings. The second-order valence-corrected chi connectivity index (χ2v) is 6.08. The molecular weight excluding hydrogens is 248 g/mol. The van der Waals surface area contributed by atoms with Gasteiger partial charge in [-0.05, 0) is 31.0 Å². The van der Waals surface area contributed by atoms with Gasteiger partial charge in [-0.2, -0.15) is 0 Å². The van der Waals surface area contributed by atoms with Crippen molar-refractivity contribution in [3.8, 4) is 0 Å². The number of nitrogens with one attached hydrogen (secondary N) is 1. The van der Waals surface area contributed by atoms with Crippen LogP contribution in [0.1, 0.15) is 12.0 Å². The molecule has 1 aromatic carbocycles. The summed E-state index contributed by atoms with van der Waals surface area (Å²) in [6.45, 7) is 1.68. The topological polar surface area (TPSA) is 72.2 Å². The number of benzene rings is 1. The lowest BCUT2D eigenvalue weighted by atomic mass is 10.2. The Morgan fingerprint density at radius 1 is 1.50 bits per heavy atom.